The molecule has 14 heteroatoms. The molecule has 0 fully saturated rings. The summed E-state index contributed by atoms with van der Waals surface area (Å²) in [6.07, 6.45) is 4.05. The van der Waals surface area contributed by atoms with Gasteiger partial charge >= 0.3 is 35.8 Å². The highest BCUT2D eigenvalue weighted by Gasteiger charge is 2.22. The summed E-state index contributed by atoms with van der Waals surface area (Å²) in [6, 6.07) is 56.7. The average Bonchev–Trinajstić information content (AvgIpc) is 3.49. The van der Waals surface area contributed by atoms with Gasteiger partial charge in [-0.25, -0.2) is 0 Å². The lowest BCUT2D eigenvalue weighted by Crippen LogP contribution is -2.31. The summed E-state index contributed by atoms with van der Waals surface area (Å²) >= 11 is 0. The van der Waals surface area contributed by atoms with E-state index < -0.39 is 48.0 Å². The molecule has 1 atom stereocenters. The van der Waals surface area contributed by atoms with Crippen molar-refractivity contribution in [1.82, 2.24) is 0 Å². The van der Waals surface area contributed by atoms with Crippen molar-refractivity contribution in [3.8, 4) is 0 Å². The highest BCUT2D eigenvalue weighted by atomic mass is 16.6. The van der Waals surface area contributed by atoms with Crippen LogP contribution in [0.25, 0.3) is 0 Å². The number of esters is 6. The predicted octanol–water partition coefficient (Wildman–Crippen LogP) is 11.4. The lowest BCUT2D eigenvalue weighted by Gasteiger charge is -2.18. The summed E-state index contributed by atoms with van der Waals surface area (Å²) in [4.78, 5) is 98.7. The van der Waals surface area contributed by atoms with Gasteiger partial charge in [-0.2, -0.15) is 0 Å². The van der Waals surface area contributed by atoms with E-state index >= 15 is 0 Å². The van der Waals surface area contributed by atoms with Crippen LogP contribution in [0.1, 0.15) is 120 Å². The van der Waals surface area contributed by atoms with Gasteiger partial charge in [-0.05, 0) is 73.6 Å². The third-order valence-electron chi connectivity index (χ3n) is 12.4. The number of ether oxygens (including phenoxy) is 6. The van der Waals surface area contributed by atoms with Crippen LogP contribution in [-0.4, -0.2) is 86.0 Å². The maximum Gasteiger partial charge on any atom is 0.306 e. The Bertz CT molecular complexity index is 2710. The van der Waals surface area contributed by atoms with Gasteiger partial charge in [0.25, 0.3) is 0 Å². The number of rotatable bonds is 34. The molecule has 0 bridgehead atoms. The Morgan fingerprint density at radius 2 is 0.487 bits per heavy atom. The van der Waals surface area contributed by atoms with Gasteiger partial charge in [-0.3, -0.25) is 38.4 Å². The quantitative estimate of drug-likeness (QED) is 0.0210. The minimum atomic E-state index is -0.963. The zero-order valence-electron chi connectivity index (χ0n) is 45.3. The molecule has 0 N–H and O–H groups in total. The van der Waals surface area contributed by atoms with Crippen molar-refractivity contribution in [3.05, 3.63) is 215 Å². The van der Waals surface area contributed by atoms with Gasteiger partial charge in [-0.1, -0.05) is 182 Å². The van der Waals surface area contributed by atoms with Crippen LogP contribution in [0.3, 0.4) is 0 Å². The number of carbonyl (C=O) groups is 8. The van der Waals surface area contributed by atoms with Crippen LogP contribution in [0, 0.1) is 0 Å². The molecule has 420 valence electrons. The third kappa shape index (κ3) is 27.2. The van der Waals surface area contributed by atoms with E-state index in [4.69, 9.17) is 28.4 Å². The van der Waals surface area contributed by atoms with Gasteiger partial charge in [0.1, 0.15) is 26.4 Å². The van der Waals surface area contributed by atoms with Crippen LogP contribution in [0.2, 0.25) is 0 Å². The first-order valence-electron chi connectivity index (χ1n) is 27.3. The minimum absolute atomic E-state index is 0.00316. The van der Waals surface area contributed by atoms with Gasteiger partial charge in [0.05, 0.1) is 12.8 Å². The molecule has 0 heterocycles. The van der Waals surface area contributed by atoms with Gasteiger partial charge in [0, 0.05) is 49.7 Å². The monoisotopic (exact) mass is 1090 g/mol. The molecule has 0 aliphatic carbocycles. The van der Waals surface area contributed by atoms with Crippen molar-refractivity contribution >= 4 is 47.4 Å². The van der Waals surface area contributed by atoms with Crippen LogP contribution in [0.5, 0.6) is 0 Å². The second kappa shape index (κ2) is 37.3. The number of hydrogen-bond acceptors (Lipinski definition) is 14. The van der Waals surface area contributed by atoms with Crippen molar-refractivity contribution in [1.29, 1.82) is 0 Å². The molecular formula is C66H72O14. The third-order valence-corrected chi connectivity index (χ3v) is 12.4. The topological polar surface area (TPSA) is 192 Å². The zero-order chi connectivity index (χ0) is 56.8. The van der Waals surface area contributed by atoms with Crippen molar-refractivity contribution in [2.24, 2.45) is 0 Å². The normalized spacial score (nSPS) is 11.0. The van der Waals surface area contributed by atoms with E-state index in [-0.39, 0.29) is 89.4 Å². The molecule has 0 radical (unpaired) electrons. The van der Waals surface area contributed by atoms with Gasteiger partial charge < -0.3 is 28.4 Å². The summed E-state index contributed by atoms with van der Waals surface area (Å²) < 4.78 is 32.2. The fraction of sp³-hybridized carbons (Fsp3) is 0.333. The van der Waals surface area contributed by atoms with E-state index in [1.54, 1.807) is 48.5 Å². The summed E-state index contributed by atoms with van der Waals surface area (Å²) in [7, 11) is 0. The molecular weight excluding hydrogens is 1020 g/mol. The second-order valence-corrected chi connectivity index (χ2v) is 18.9. The Balaban J connectivity index is 0.000000294. The lowest BCUT2D eigenvalue weighted by molar-refractivity contribution is -0.166. The van der Waals surface area contributed by atoms with Crippen LogP contribution in [0.15, 0.2) is 182 Å². The van der Waals surface area contributed by atoms with Crippen LogP contribution in [-0.2, 0) is 82.9 Å². The molecule has 1 unspecified atom stereocenters. The molecule has 0 aromatic heterocycles. The maximum atomic E-state index is 12.5. The summed E-state index contributed by atoms with van der Waals surface area (Å²) in [5, 5.41) is 0. The highest BCUT2D eigenvalue weighted by Crippen LogP contribution is 2.14. The summed E-state index contributed by atoms with van der Waals surface area (Å²) in [5.74, 6) is -3.29. The van der Waals surface area contributed by atoms with E-state index in [9.17, 15) is 38.4 Å². The SMILES string of the molecule is O=C(CCCc1ccccc1)OCC(COC(=O)CCC(=O)c1ccccc1)OC(=O)CCCc1ccccc1.O=C(CCCc1ccccc1)OCC(COC(=O)CCCc1ccccc1)OC(=O)CCC(=O)c1ccccc1. The largest absolute Gasteiger partial charge is 0.462 e. The number of Topliss-reactive ketones (excluding diaryl/α,β-unsaturated/α-hetero) is 2. The molecule has 14 nitrogen and oxygen atoms in total. The lowest BCUT2D eigenvalue weighted by atomic mass is 10.1. The second-order valence-electron chi connectivity index (χ2n) is 18.9. The average molecular weight is 1090 g/mol. The maximum absolute atomic E-state index is 12.5. The van der Waals surface area contributed by atoms with E-state index in [0.29, 0.717) is 36.8 Å². The van der Waals surface area contributed by atoms with Crippen LogP contribution >= 0.6 is 0 Å². The first-order chi connectivity index (χ1) is 39.0. The summed E-state index contributed by atoms with van der Waals surface area (Å²) in [6.45, 7) is -0.954. The Labute approximate surface area is 469 Å². The fourth-order valence-corrected chi connectivity index (χ4v) is 8.05. The molecule has 6 rings (SSSR count). The van der Waals surface area contributed by atoms with E-state index in [0.717, 1.165) is 47.9 Å². The first-order valence-corrected chi connectivity index (χ1v) is 27.3. The van der Waals surface area contributed by atoms with Crippen molar-refractivity contribution in [2.45, 2.75) is 115 Å². The van der Waals surface area contributed by atoms with E-state index in [1.165, 1.54) is 0 Å². The Hall–Kier alpha value is -8.52. The number of carbonyl (C=O) groups excluding carboxylic acids is 8. The highest BCUT2D eigenvalue weighted by molar-refractivity contribution is 5.98. The van der Waals surface area contributed by atoms with Gasteiger partial charge in [0.15, 0.2) is 23.8 Å². The molecule has 6 aromatic carbocycles. The zero-order valence-corrected chi connectivity index (χ0v) is 45.3. The van der Waals surface area contributed by atoms with Crippen LogP contribution < -0.4 is 0 Å². The molecule has 0 aliphatic rings. The molecule has 0 amide bonds. The minimum Gasteiger partial charge on any atom is -0.462 e. The van der Waals surface area contributed by atoms with Gasteiger partial charge in [0.2, 0.25) is 0 Å². The smallest absolute Gasteiger partial charge is 0.306 e. The molecule has 0 saturated heterocycles. The summed E-state index contributed by atoms with van der Waals surface area (Å²) in [5.41, 5.74) is 5.56. The number of aryl methyl sites for hydroxylation is 4. The van der Waals surface area contributed by atoms with Crippen LogP contribution in [0.4, 0.5) is 0 Å². The number of benzene rings is 6. The van der Waals surface area contributed by atoms with E-state index in [2.05, 4.69) is 0 Å². The molecule has 6 aromatic rings. The molecule has 0 spiro atoms. The van der Waals surface area contributed by atoms with Crippen molar-refractivity contribution < 1.29 is 66.8 Å². The first kappa shape index (κ1) is 62.3. The standard InChI is InChI=1S/2C33H36O7/c34-30(28-18-8-3-9-19-28)22-23-32(36)39-25-29(40-33(37)21-11-17-27-14-6-2-7-15-27)24-38-31(35)20-10-16-26-12-4-1-5-13-26;34-30(28-18-8-3-9-19-28)22-23-33(37)40-29(24-38-31(35)20-10-16-26-12-4-1-5-13-26)25-39-32(36)21-11-17-27-14-6-2-7-15-27/h2*1-9,12-15,18-19,29H,10-11,16-17,20-25H2. The predicted molar refractivity (Wildman–Crippen MR) is 301 cm³/mol. The fourth-order valence-electron chi connectivity index (χ4n) is 8.05. The molecule has 0 saturated carbocycles. The molecule has 0 aliphatic heterocycles. The Kier molecular flexibility index (Phi) is 29.1. The molecule has 80 heavy (non-hydrogen) atoms. The number of hydrogen-bond donors (Lipinski definition) is 0. The number of ketones is 2. The van der Waals surface area contributed by atoms with E-state index in [1.807, 2.05) is 133 Å². The Morgan fingerprint density at radius 1 is 0.263 bits per heavy atom. The Morgan fingerprint density at radius 3 is 0.775 bits per heavy atom. The van der Waals surface area contributed by atoms with Gasteiger partial charge in [-0.15, -0.1) is 0 Å². The van der Waals surface area contributed by atoms with Crippen molar-refractivity contribution in [3.63, 3.8) is 0 Å². The van der Waals surface area contributed by atoms with Crippen molar-refractivity contribution in [2.75, 3.05) is 26.4 Å².